The summed E-state index contributed by atoms with van der Waals surface area (Å²) >= 11 is 6.14. The maximum absolute atomic E-state index is 12.1. The van der Waals surface area contributed by atoms with Gasteiger partial charge in [-0.25, -0.2) is 0 Å². The third-order valence-corrected chi connectivity index (χ3v) is 4.78. The highest BCUT2D eigenvalue weighted by Crippen LogP contribution is 2.35. The molecule has 0 radical (unpaired) electrons. The highest BCUT2D eigenvalue weighted by molar-refractivity contribution is 6.30. The number of carbonyl (C=O) groups is 1. The summed E-state index contributed by atoms with van der Waals surface area (Å²) < 4.78 is 5.51. The number of ether oxygens (including phenoxy) is 1. The van der Waals surface area contributed by atoms with Gasteiger partial charge < -0.3 is 10.1 Å². The number of halogens is 1. The molecule has 1 aliphatic heterocycles. The fraction of sp³-hybridized carbons (Fsp3) is 0.588. The van der Waals surface area contributed by atoms with E-state index in [1.165, 1.54) is 5.56 Å². The lowest BCUT2D eigenvalue weighted by molar-refractivity contribution is -0.125. The van der Waals surface area contributed by atoms with Gasteiger partial charge in [-0.2, -0.15) is 0 Å². The highest BCUT2D eigenvalue weighted by atomic mass is 35.5. The second-order valence-corrected chi connectivity index (χ2v) is 6.37. The molecule has 1 fully saturated rings. The van der Waals surface area contributed by atoms with E-state index < -0.39 is 0 Å². The SMILES string of the molecule is CC[C@@H](C)C(=O)NCC1(c2cccc(Cl)c2)CCOCC1. The number of hydrogen-bond donors (Lipinski definition) is 1. The van der Waals surface area contributed by atoms with Gasteiger partial charge in [0.1, 0.15) is 0 Å². The fourth-order valence-electron chi connectivity index (χ4n) is 2.76. The first-order valence-corrected chi connectivity index (χ1v) is 8.07. The standard InChI is InChI=1S/C17H24ClNO2/c1-3-13(2)16(20)19-12-17(7-9-21-10-8-17)14-5-4-6-15(18)11-14/h4-6,11,13H,3,7-10,12H2,1-2H3,(H,19,20)/t13-/m1/s1. The third-order valence-electron chi connectivity index (χ3n) is 4.55. The Hall–Kier alpha value is -1.06. The van der Waals surface area contributed by atoms with Crippen molar-refractivity contribution in [2.45, 2.75) is 38.5 Å². The van der Waals surface area contributed by atoms with E-state index in [1.807, 2.05) is 32.0 Å². The van der Waals surface area contributed by atoms with Gasteiger partial charge in [-0.3, -0.25) is 4.79 Å². The van der Waals surface area contributed by atoms with Crippen molar-refractivity contribution in [3.05, 3.63) is 34.9 Å². The molecule has 116 valence electrons. The topological polar surface area (TPSA) is 38.3 Å². The molecule has 1 saturated heterocycles. The molecular formula is C17H24ClNO2. The molecule has 0 unspecified atom stereocenters. The van der Waals surface area contributed by atoms with Crippen LogP contribution in [0.2, 0.25) is 5.02 Å². The molecule has 0 saturated carbocycles. The largest absolute Gasteiger partial charge is 0.381 e. The lowest BCUT2D eigenvalue weighted by atomic mass is 9.74. The summed E-state index contributed by atoms with van der Waals surface area (Å²) in [6, 6.07) is 7.98. The summed E-state index contributed by atoms with van der Waals surface area (Å²) in [5, 5.41) is 3.87. The molecule has 1 heterocycles. The first-order valence-electron chi connectivity index (χ1n) is 7.69. The van der Waals surface area contributed by atoms with E-state index in [0.29, 0.717) is 6.54 Å². The number of nitrogens with one attached hydrogen (secondary N) is 1. The Kier molecular flexibility index (Phi) is 5.65. The molecule has 1 aromatic carbocycles. The summed E-state index contributed by atoms with van der Waals surface area (Å²) in [6.07, 6.45) is 2.68. The average Bonchev–Trinajstić information content (AvgIpc) is 2.52. The molecule has 2 rings (SSSR count). The molecule has 1 aliphatic rings. The molecular weight excluding hydrogens is 286 g/mol. The van der Waals surface area contributed by atoms with Gasteiger partial charge in [0.25, 0.3) is 0 Å². The van der Waals surface area contributed by atoms with Crippen LogP contribution in [0.5, 0.6) is 0 Å². The molecule has 1 atom stereocenters. The maximum Gasteiger partial charge on any atom is 0.222 e. The zero-order valence-electron chi connectivity index (χ0n) is 12.8. The van der Waals surface area contributed by atoms with Crippen LogP contribution in [0.25, 0.3) is 0 Å². The van der Waals surface area contributed by atoms with E-state index in [-0.39, 0.29) is 17.2 Å². The summed E-state index contributed by atoms with van der Waals surface area (Å²) in [5.41, 5.74) is 1.13. The summed E-state index contributed by atoms with van der Waals surface area (Å²) in [7, 11) is 0. The minimum Gasteiger partial charge on any atom is -0.381 e. The van der Waals surface area contributed by atoms with E-state index in [1.54, 1.807) is 0 Å². The van der Waals surface area contributed by atoms with Crippen LogP contribution >= 0.6 is 11.6 Å². The van der Waals surface area contributed by atoms with Crippen LogP contribution in [0.15, 0.2) is 24.3 Å². The minimum atomic E-state index is -0.0632. The number of hydrogen-bond acceptors (Lipinski definition) is 2. The summed E-state index contributed by atoms with van der Waals surface area (Å²) in [5.74, 6) is 0.187. The summed E-state index contributed by atoms with van der Waals surface area (Å²) in [4.78, 5) is 12.1. The lowest BCUT2D eigenvalue weighted by Gasteiger charge is -2.38. The third kappa shape index (κ3) is 3.98. The van der Waals surface area contributed by atoms with Gasteiger partial charge in [-0.1, -0.05) is 37.6 Å². The molecule has 3 nitrogen and oxygen atoms in total. The summed E-state index contributed by atoms with van der Waals surface area (Å²) in [6.45, 7) is 6.11. The maximum atomic E-state index is 12.1. The Morgan fingerprint density at radius 1 is 1.43 bits per heavy atom. The van der Waals surface area contributed by atoms with Gasteiger partial charge in [0.15, 0.2) is 0 Å². The van der Waals surface area contributed by atoms with Crippen molar-refractivity contribution in [3.8, 4) is 0 Å². The molecule has 0 bridgehead atoms. The molecule has 21 heavy (non-hydrogen) atoms. The minimum absolute atomic E-state index is 0.0567. The molecule has 1 N–H and O–H groups in total. The Bertz CT molecular complexity index is 483. The lowest BCUT2D eigenvalue weighted by Crippen LogP contribution is -2.45. The van der Waals surface area contributed by atoms with Gasteiger partial charge in [-0.05, 0) is 37.0 Å². The molecule has 1 amide bonds. The zero-order chi connectivity index (χ0) is 15.3. The van der Waals surface area contributed by atoms with Gasteiger partial charge >= 0.3 is 0 Å². The van der Waals surface area contributed by atoms with Crippen LogP contribution in [0.3, 0.4) is 0 Å². The zero-order valence-corrected chi connectivity index (χ0v) is 13.6. The van der Waals surface area contributed by atoms with Crippen LogP contribution in [0.1, 0.15) is 38.7 Å². The van der Waals surface area contributed by atoms with Gasteiger partial charge in [0, 0.05) is 36.1 Å². The van der Waals surface area contributed by atoms with Crippen molar-refractivity contribution >= 4 is 17.5 Å². The van der Waals surface area contributed by atoms with Crippen molar-refractivity contribution < 1.29 is 9.53 Å². The van der Waals surface area contributed by atoms with Crippen molar-refractivity contribution in [2.75, 3.05) is 19.8 Å². The van der Waals surface area contributed by atoms with E-state index in [2.05, 4.69) is 11.4 Å². The molecule has 0 aromatic heterocycles. The van der Waals surface area contributed by atoms with Crippen LogP contribution in [-0.4, -0.2) is 25.7 Å². The number of benzene rings is 1. The Balaban J connectivity index is 2.16. The quantitative estimate of drug-likeness (QED) is 0.903. The van der Waals surface area contributed by atoms with Gasteiger partial charge in [-0.15, -0.1) is 0 Å². The highest BCUT2D eigenvalue weighted by Gasteiger charge is 2.35. The van der Waals surface area contributed by atoms with Crippen LogP contribution in [0.4, 0.5) is 0 Å². The second kappa shape index (κ2) is 7.28. The Morgan fingerprint density at radius 3 is 2.76 bits per heavy atom. The predicted molar refractivity (Wildman–Crippen MR) is 85.6 cm³/mol. The van der Waals surface area contributed by atoms with Crippen LogP contribution in [-0.2, 0) is 14.9 Å². The normalized spacial score (nSPS) is 19.0. The van der Waals surface area contributed by atoms with Gasteiger partial charge in [0.05, 0.1) is 0 Å². The molecule has 1 aromatic rings. The van der Waals surface area contributed by atoms with Crippen LogP contribution < -0.4 is 5.32 Å². The fourth-order valence-corrected chi connectivity index (χ4v) is 2.95. The van der Waals surface area contributed by atoms with Crippen molar-refractivity contribution in [1.29, 1.82) is 0 Å². The van der Waals surface area contributed by atoms with Gasteiger partial charge in [0.2, 0.25) is 5.91 Å². The molecule has 0 spiro atoms. The number of amides is 1. The van der Waals surface area contributed by atoms with Crippen molar-refractivity contribution in [1.82, 2.24) is 5.32 Å². The predicted octanol–water partition coefficient (Wildman–Crippen LogP) is 3.55. The first kappa shape index (κ1) is 16.3. The van der Waals surface area contributed by atoms with Crippen LogP contribution in [0, 0.1) is 5.92 Å². The molecule has 0 aliphatic carbocycles. The van der Waals surface area contributed by atoms with E-state index in [9.17, 15) is 4.79 Å². The number of rotatable bonds is 5. The Morgan fingerprint density at radius 2 is 2.14 bits per heavy atom. The van der Waals surface area contributed by atoms with E-state index in [4.69, 9.17) is 16.3 Å². The molecule has 4 heteroatoms. The first-order chi connectivity index (χ1) is 10.1. The Labute approximate surface area is 132 Å². The van der Waals surface area contributed by atoms with Crippen molar-refractivity contribution in [3.63, 3.8) is 0 Å². The second-order valence-electron chi connectivity index (χ2n) is 5.93. The van der Waals surface area contributed by atoms with Crippen molar-refractivity contribution in [2.24, 2.45) is 5.92 Å². The van der Waals surface area contributed by atoms with E-state index in [0.717, 1.165) is 37.5 Å². The average molecular weight is 310 g/mol. The monoisotopic (exact) mass is 309 g/mol. The number of carbonyl (C=O) groups excluding carboxylic acids is 1. The smallest absolute Gasteiger partial charge is 0.222 e. The van der Waals surface area contributed by atoms with E-state index >= 15 is 0 Å².